The third kappa shape index (κ3) is 3.10. The van der Waals surface area contributed by atoms with Crippen LogP contribution in [0.4, 0.5) is 0 Å². The predicted octanol–water partition coefficient (Wildman–Crippen LogP) is 4.24. The second-order valence-corrected chi connectivity index (χ2v) is 6.16. The van der Waals surface area contributed by atoms with Gasteiger partial charge in [-0.05, 0) is 42.8 Å². The fraction of sp³-hybridized carbons (Fsp3) is 0.222. The van der Waals surface area contributed by atoms with Crippen LogP contribution < -0.4 is 4.74 Å². The van der Waals surface area contributed by atoms with Crippen molar-refractivity contribution in [2.45, 2.75) is 18.5 Å². The molecule has 5 heteroatoms. The molecule has 0 bridgehead atoms. The summed E-state index contributed by atoms with van der Waals surface area (Å²) in [7, 11) is 1.61. The highest BCUT2D eigenvalue weighted by molar-refractivity contribution is 7.99. The van der Waals surface area contributed by atoms with Gasteiger partial charge in [-0.1, -0.05) is 30.8 Å². The number of methoxy groups -OCH3 is 1. The number of imidazole rings is 1. The van der Waals surface area contributed by atoms with Gasteiger partial charge in [-0.25, -0.2) is 4.98 Å². The van der Waals surface area contributed by atoms with Gasteiger partial charge < -0.3 is 4.74 Å². The van der Waals surface area contributed by atoms with Crippen LogP contribution in [0.25, 0.3) is 11.0 Å². The molecule has 3 aromatic rings. The first kappa shape index (κ1) is 15.6. The summed E-state index contributed by atoms with van der Waals surface area (Å²) < 4.78 is 6.86. The van der Waals surface area contributed by atoms with Crippen LogP contribution in [0.15, 0.2) is 53.7 Å². The van der Waals surface area contributed by atoms with Gasteiger partial charge in [0.1, 0.15) is 5.75 Å². The lowest BCUT2D eigenvalue weighted by atomic mass is 10.2. The number of rotatable bonds is 5. The third-order valence-corrected chi connectivity index (χ3v) is 4.65. The fourth-order valence-electron chi connectivity index (χ4n) is 2.35. The van der Waals surface area contributed by atoms with Crippen molar-refractivity contribution >= 4 is 28.7 Å². The highest BCUT2D eigenvalue weighted by atomic mass is 32.2. The number of hydrogen-bond acceptors (Lipinski definition) is 4. The predicted molar refractivity (Wildman–Crippen MR) is 93.5 cm³/mol. The molecule has 118 valence electrons. The molecular weight excluding hydrogens is 308 g/mol. The van der Waals surface area contributed by atoms with Gasteiger partial charge in [0.15, 0.2) is 5.16 Å². The largest absolute Gasteiger partial charge is 0.497 e. The summed E-state index contributed by atoms with van der Waals surface area (Å²) in [6.45, 7) is 2.12. The molecule has 0 N–H and O–H groups in total. The van der Waals surface area contributed by atoms with E-state index in [2.05, 4.69) is 11.9 Å². The number of nitrogens with zero attached hydrogens (tertiary/aromatic N) is 2. The van der Waals surface area contributed by atoms with Crippen LogP contribution in [0.1, 0.15) is 23.7 Å². The zero-order chi connectivity index (χ0) is 16.2. The number of carbonyl (C=O) groups excluding carboxylic acids is 1. The number of thioether (sulfide) groups is 1. The van der Waals surface area contributed by atoms with Crippen molar-refractivity contribution in [3.63, 3.8) is 0 Å². The smallest absolute Gasteiger partial charge is 0.264 e. The molecule has 3 rings (SSSR count). The topological polar surface area (TPSA) is 44.1 Å². The van der Waals surface area contributed by atoms with Crippen LogP contribution in [0, 0.1) is 0 Å². The van der Waals surface area contributed by atoms with E-state index in [1.165, 1.54) is 0 Å². The van der Waals surface area contributed by atoms with Gasteiger partial charge in [-0.15, -0.1) is 0 Å². The molecule has 0 aliphatic carbocycles. The number of ether oxygens (including phenoxy) is 1. The summed E-state index contributed by atoms with van der Waals surface area (Å²) in [5, 5.41) is 0.744. The molecule has 1 heterocycles. The minimum atomic E-state index is -0.0695. The molecule has 0 atom stereocenters. The quantitative estimate of drug-likeness (QED) is 0.658. The molecule has 0 saturated carbocycles. The summed E-state index contributed by atoms with van der Waals surface area (Å²) in [5.41, 5.74) is 2.30. The summed E-state index contributed by atoms with van der Waals surface area (Å²) in [5.74, 6) is 1.59. The van der Waals surface area contributed by atoms with Gasteiger partial charge in [-0.3, -0.25) is 9.36 Å². The number of fused-ring (bicyclic) bond motifs is 1. The molecule has 0 radical (unpaired) electrons. The Morgan fingerprint density at radius 3 is 2.61 bits per heavy atom. The van der Waals surface area contributed by atoms with E-state index >= 15 is 0 Å². The monoisotopic (exact) mass is 326 g/mol. The molecule has 0 aliphatic rings. The molecule has 2 aromatic carbocycles. The molecular formula is C18H18N2O2S. The van der Waals surface area contributed by atoms with Crippen LogP contribution in [0.2, 0.25) is 0 Å². The number of aromatic nitrogens is 2. The lowest BCUT2D eigenvalue weighted by Crippen LogP contribution is -2.13. The van der Waals surface area contributed by atoms with Crippen LogP contribution in [0.5, 0.6) is 5.75 Å². The number of carbonyl (C=O) groups is 1. The summed E-state index contributed by atoms with van der Waals surface area (Å²) in [4.78, 5) is 17.6. The van der Waals surface area contributed by atoms with Crippen molar-refractivity contribution in [1.82, 2.24) is 9.55 Å². The van der Waals surface area contributed by atoms with E-state index in [0.29, 0.717) is 5.56 Å². The molecule has 4 nitrogen and oxygen atoms in total. The van der Waals surface area contributed by atoms with Crippen LogP contribution in [-0.4, -0.2) is 28.3 Å². The van der Waals surface area contributed by atoms with E-state index in [0.717, 1.165) is 34.1 Å². The maximum atomic E-state index is 13.0. The number of para-hydroxylation sites is 2. The Morgan fingerprint density at radius 2 is 1.91 bits per heavy atom. The summed E-state index contributed by atoms with van der Waals surface area (Å²) >= 11 is 1.61. The van der Waals surface area contributed by atoms with Crippen molar-refractivity contribution in [1.29, 1.82) is 0 Å². The molecule has 0 saturated heterocycles. The van der Waals surface area contributed by atoms with Crippen LogP contribution in [-0.2, 0) is 0 Å². The minimum absolute atomic E-state index is 0.0695. The standard InChI is InChI=1S/C18H18N2O2S/c1-3-12-23-18-19-15-6-4-5-7-16(15)20(18)17(21)13-8-10-14(22-2)11-9-13/h4-11H,3,12H2,1-2H3. The molecule has 0 spiro atoms. The number of hydrogen-bond donors (Lipinski definition) is 0. The average molecular weight is 326 g/mol. The Hall–Kier alpha value is -2.27. The Balaban J connectivity index is 2.06. The molecule has 0 unspecified atom stereocenters. The molecule has 0 aliphatic heterocycles. The Labute approximate surface area is 139 Å². The van der Waals surface area contributed by atoms with Gasteiger partial charge in [-0.2, -0.15) is 0 Å². The second kappa shape index (κ2) is 6.87. The van der Waals surface area contributed by atoms with Crippen molar-refractivity contribution < 1.29 is 9.53 Å². The Kier molecular flexibility index (Phi) is 4.67. The van der Waals surface area contributed by atoms with Crippen molar-refractivity contribution in [3.05, 3.63) is 54.1 Å². The van der Waals surface area contributed by atoms with Crippen molar-refractivity contribution in [2.75, 3.05) is 12.9 Å². The van der Waals surface area contributed by atoms with Gasteiger partial charge in [0.05, 0.1) is 18.1 Å². The molecule has 23 heavy (non-hydrogen) atoms. The molecule has 1 aromatic heterocycles. The first-order valence-electron chi connectivity index (χ1n) is 7.53. The first-order valence-corrected chi connectivity index (χ1v) is 8.52. The Bertz CT molecular complexity index is 825. The fourth-order valence-corrected chi connectivity index (χ4v) is 3.21. The second-order valence-electron chi connectivity index (χ2n) is 5.10. The van der Waals surface area contributed by atoms with E-state index in [1.807, 2.05) is 24.3 Å². The van der Waals surface area contributed by atoms with E-state index in [4.69, 9.17) is 4.74 Å². The highest BCUT2D eigenvalue weighted by Crippen LogP contribution is 2.26. The van der Waals surface area contributed by atoms with Gasteiger partial charge >= 0.3 is 0 Å². The lowest BCUT2D eigenvalue weighted by molar-refractivity contribution is 0.0955. The third-order valence-electron chi connectivity index (χ3n) is 3.51. The molecule has 0 fully saturated rings. The highest BCUT2D eigenvalue weighted by Gasteiger charge is 2.18. The average Bonchev–Trinajstić information content (AvgIpc) is 2.97. The maximum Gasteiger partial charge on any atom is 0.264 e. The first-order chi connectivity index (χ1) is 11.2. The zero-order valence-corrected chi connectivity index (χ0v) is 14.0. The van der Waals surface area contributed by atoms with Crippen LogP contribution >= 0.6 is 11.8 Å². The van der Waals surface area contributed by atoms with E-state index in [-0.39, 0.29) is 5.91 Å². The number of benzene rings is 2. The summed E-state index contributed by atoms with van der Waals surface area (Å²) in [6.07, 6.45) is 1.03. The Morgan fingerprint density at radius 1 is 1.17 bits per heavy atom. The zero-order valence-electron chi connectivity index (χ0n) is 13.2. The van der Waals surface area contributed by atoms with Crippen molar-refractivity contribution in [3.8, 4) is 5.75 Å². The van der Waals surface area contributed by atoms with E-state index < -0.39 is 0 Å². The SMILES string of the molecule is CCCSc1nc2ccccc2n1C(=O)c1ccc(OC)cc1. The molecule has 0 amide bonds. The maximum absolute atomic E-state index is 13.0. The van der Waals surface area contributed by atoms with Gasteiger partial charge in [0.2, 0.25) is 0 Å². The lowest BCUT2D eigenvalue weighted by Gasteiger charge is -2.08. The van der Waals surface area contributed by atoms with E-state index in [9.17, 15) is 4.79 Å². The van der Waals surface area contributed by atoms with Crippen molar-refractivity contribution in [2.24, 2.45) is 0 Å². The van der Waals surface area contributed by atoms with Gasteiger partial charge in [0.25, 0.3) is 5.91 Å². The minimum Gasteiger partial charge on any atom is -0.497 e. The normalized spacial score (nSPS) is 10.9. The van der Waals surface area contributed by atoms with Crippen LogP contribution in [0.3, 0.4) is 0 Å². The van der Waals surface area contributed by atoms with Gasteiger partial charge in [0, 0.05) is 11.3 Å². The summed E-state index contributed by atoms with van der Waals surface area (Å²) in [6, 6.07) is 14.9. The van der Waals surface area contributed by atoms with E-state index in [1.54, 1.807) is 47.7 Å².